The largest absolute Gasteiger partial charge is 0.326 e. The Morgan fingerprint density at radius 3 is 2.84 bits per heavy atom. The first-order valence-corrected chi connectivity index (χ1v) is 7.50. The zero-order valence-electron chi connectivity index (χ0n) is 10.3. The Bertz CT molecular complexity index is 587. The monoisotopic (exact) mass is 296 g/mol. The third kappa shape index (κ3) is 2.66. The Balaban J connectivity index is 1.91. The Morgan fingerprint density at radius 1 is 1.42 bits per heavy atom. The van der Waals surface area contributed by atoms with Crippen LogP contribution in [0.15, 0.2) is 18.2 Å². The van der Waals surface area contributed by atoms with Gasteiger partial charge in [0.2, 0.25) is 0 Å². The molecule has 1 heterocycles. The van der Waals surface area contributed by atoms with Crippen molar-refractivity contribution in [2.75, 3.05) is 0 Å². The average Bonchev–Trinajstić information content (AvgIpc) is 3.15. The van der Waals surface area contributed by atoms with Crippen LogP contribution in [0.1, 0.15) is 39.9 Å². The lowest BCUT2D eigenvalue weighted by Crippen LogP contribution is -1.97. The van der Waals surface area contributed by atoms with E-state index in [9.17, 15) is 4.39 Å². The topological polar surface area (TPSA) is 38.9 Å². The van der Waals surface area contributed by atoms with Crippen LogP contribution in [-0.4, -0.2) is 4.98 Å². The first-order valence-electron chi connectivity index (χ1n) is 6.30. The fourth-order valence-corrected chi connectivity index (χ4v) is 3.44. The van der Waals surface area contributed by atoms with Gasteiger partial charge in [-0.05, 0) is 25.0 Å². The number of halogens is 2. The van der Waals surface area contributed by atoms with Crippen LogP contribution in [0, 0.1) is 5.82 Å². The van der Waals surface area contributed by atoms with Crippen LogP contribution < -0.4 is 5.73 Å². The average molecular weight is 297 g/mol. The second-order valence-corrected chi connectivity index (χ2v) is 6.35. The second-order valence-electron chi connectivity index (χ2n) is 4.77. The molecule has 2 nitrogen and oxygen atoms in total. The first-order chi connectivity index (χ1) is 9.19. The summed E-state index contributed by atoms with van der Waals surface area (Å²) in [4.78, 5) is 5.76. The van der Waals surface area contributed by atoms with Crippen molar-refractivity contribution < 1.29 is 4.39 Å². The summed E-state index contributed by atoms with van der Waals surface area (Å²) in [6, 6.07) is 4.75. The molecule has 5 heteroatoms. The van der Waals surface area contributed by atoms with Crippen LogP contribution in [0.4, 0.5) is 4.39 Å². The smallest absolute Gasteiger partial charge is 0.128 e. The molecule has 1 aliphatic rings. The number of hydrogen-bond donors (Lipinski definition) is 1. The highest BCUT2D eigenvalue weighted by Gasteiger charge is 2.29. The maximum Gasteiger partial charge on any atom is 0.128 e. The molecule has 0 saturated heterocycles. The normalized spacial score (nSPS) is 14.9. The van der Waals surface area contributed by atoms with Crippen molar-refractivity contribution in [3.8, 4) is 0 Å². The van der Waals surface area contributed by atoms with Gasteiger partial charge in [0.15, 0.2) is 0 Å². The van der Waals surface area contributed by atoms with E-state index in [1.165, 1.54) is 18.9 Å². The molecule has 1 aliphatic carbocycles. The minimum atomic E-state index is -0.273. The Morgan fingerprint density at radius 2 is 2.21 bits per heavy atom. The van der Waals surface area contributed by atoms with E-state index in [0.717, 1.165) is 15.6 Å². The third-order valence-electron chi connectivity index (χ3n) is 3.31. The number of benzene rings is 1. The van der Waals surface area contributed by atoms with E-state index in [0.29, 0.717) is 29.5 Å². The van der Waals surface area contributed by atoms with E-state index in [2.05, 4.69) is 4.98 Å². The third-order valence-corrected chi connectivity index (χ3v) is 4.76. The molecule has 0 amide bonds. The van der Waals surface area contributed by atoms with Gasteiger partial charge in [-0.25, -0.2) is 9.37 Å². The van der Waals surface area contributed by atoms with Crippen molar-refractivity contribution in [3.63, 3.8) is 0 Å². The molecule has 1 fully saturated rings. The van der Waals surface area contributed by atoms with Crippen LogP contribution in [0.5, 0.6) is 0 Å². The van der Waals surface area contributed by atoms with E-state index in [1.807, 2.05) is 0 Å². The van der Waals surface area contributed by atoms with Crippen molar-refractivity contribution in [3.05, 3.63) is 50.2 Å². The van der Waals surface area contributed by atoms with Gasteiger partial charge in [-0.1, -0.05) is 17.7 Å². The summed E-state index contributed by atoms with van der Waals surface area (Å²) >= 11 is 7.63. The van der Waals surface area contributed by atoms with Crippen LogP contribution in [0.25, 0.3) is 0 Å². The molecule has 3 rings (SSSR count). The molecule has 19 heavy (non-hydrogen) atoms. The van der Waals surface area contributed by atoms with E-state index < -0.39 is 0 Å². The summed E-state index contributed by atoms with van der Waals surface area (Å²) in [5.74, 6) is 0.296. The summed E-state index contributed by atoms with van der Waals surface area (Å²) in [6.07, 6.45) is 2.82. The molecular formula is C14H14ClFN2S. The van der Waals surface area contributed by atoms with Gasteiger partial charge in [0.05, 0.1) is 10.7 Å². The van der Waals surface area contributed by atoms with Crippen LogP contribution >= 0.6 is 22.9 Å². The van der Waals surface area contributed by atoms with Gasteiger partial charge in [-0.15, -0.1) is 11.3 Å². The molecule has 1 aromatic carbocycles. The van der Waals surface area contributed by atoms with Gasteiger partial charge in [0.25, 0.3) is 0 Å². The van der Waals surface area contributed by atoms with Gasteiger partial charge in [0.1, 0.15) is 5.82 Å². The standard InChI is InChI=1S/C14H14ClFN2S/c15-10-2-1-3-11(16)9(10)6-13-18-14(8-4-5-8)12(7-17)19-13/h1-3,8H,4-7,17H2. The Kier molecular flexibility index (Phi) is 3.56. The lowest BCUT2D eigenvalue weighted by molar-refractivity contribution is 0.614. The van der Waals surface area contributed by atoms with E-state index in [-0.39, 0.29) is 5.82 Å². The van der Waals surface area contributed by atoms with Crippen molar-refractivity contribution >= 4 is 22.9 Å². The molecule has 1 saturated carbocycles. The zero-order chi connectivity index (χ0) is 13.4. The van der Waals surface area contributed by atoms with Gasteiger partial charge in [-0.3, -0.25) is 0 Å². The quantitative estimate of drug-likeness (QED) is 0.930. The molecule has 0 unspecified atom stereocenters. The molecule has 0 bridgehead atoms. The summed E-state index contributed by atoms with van der Waals surface area (Å²) < 4.78 is 13.8. The predicted molar refractivity (Wildman–Crippen MR) is 76.2 cm³/mol. The predicted octanol–water partition coefficient (Wildman–Crippen LogP) is 3.86. The summed E-state index contributed by atoms with van der Waals surface area (Å²) in [5, 5.41) is 1.35. The van der Waals surface area contributed by atoms with E-state index in [4.69, 9.17) is 17.3 Å². The van der Waals surface area contributed by atoms with Crippen molar-refractivity contribution in [2.24, 2.45) is 5.73 Å². The fourth-order valence-electron chi connectivity index (χ4n) is 2.16. The van der Waals surface area contributed by atoms with Crippen LogP contribution in [-0.2, 0) is 13.0 Å². The summed E-state index contributed by atoms with van der Waals surface area (Å²) in [7, 11) is 0. The fraction of sp³-hybridized carbons (Fsp3) is 0.357. The van der Waals surface area contributed by atoms with Gasteiger partial charge >= 0.3 is 0 Å². The highest BCUT2D eigenvalue weighted by molar-refractivity contribution is 7.11. The maximum atomic E-state index is 13.8. The molecule has 1 aromatic heterocycles. The molecule has 0 atom stereocenters. The minimum absolute atomic E-state index is 0.273. The van der Waals surface area contributed by atoms with Gasteiger partial charge in [-0.2, -0.15) is 0 Å². The van der Waals surface area contributed by atoms with Crippen molar-refractivity contribution in [1.29, 1.82) is 0 Å². The minimum Gasteiger partial charge on any atom is -0.326 e. The number of rotatable bonds is 4. The highest BCUT2D eigenvalue weighted by atomic mass is 35.5. The molecule has 0 aliphatic heterocycles. The number of aromatic nitrogens is 1. The number of hydrogen-bond acceptors (Lipinski definition) is 3. The van der Waals surface area contributed by atoms with Crippen LogP contribution in [0.3, 0.4) is 0 Å². The summed E-state index contributed by atoms with van der Waals surface area (Å²) in [5.41, 5.74) is 7.39. The number of nitrogens with two attached hydrogens (primary N) is 1. The Hall–Kier alpha value is -0.970. The summed E-state index contributed by atoms with van der Waals surface area (Å²) in [6.45, 7) is 0.508. The first kappa shape index (κ1) is 13.0. The van der Waals surface area contributed by atoms with Crippen molar-refractivity contribution in [1.82, 2.24) is 4.98 Å². The lowest BCUT2D eigenvalue weighted by atomic mass is 10.1. The number of nitrogens with zero attached hydrogens (tertiary/aromatic N) is 1. The van der Waals surface area contributed by atoms with E-state index >= 15 is 0 Å². The zero-order valence-corrected chi connectivity index (χ0v) is 11.9. The molecule has 2 N–H and O–H groups in total. The maximum absolute atomic E-state index is 13.8. The molecular weight excluding hydrogens is 283 g/mol. The Labute approximate surface area is 120 Å². The molecule has 0 spiro atoms. The van der Waals surface area contributed by atoms with Gasteiger partial charge < -0.3 is 5.73 Å². The number of thiazole rings is 1. The van der Waals surface area contributed by atoms with E-state index in [1.54, 1.807) is 23.5 Å². The second kappa shape index (κ2) is 5.19. The van der Waals surface area contributed by atoms with Crippen LogP contribution in [0.2, 0.25) is 5.02 Å². The van der Waals surface area contributed by atoms with Crippen molar-refractivity contribution in [2.45, 2.75) is 31.7 Å². The van der Waals surface area contributed by atoms with Gasteiger partial charge in [0, 0.05) is 34.3 Å². The molecule has 2 aromatic rings. The molecule has 100 valence electrons. The lowest BCUT2D eigenvalue weighted by Gasteiger charge is -2.02. The highest BCUT2D eigenvalue weighted by Crippen LogP contribution is 2.42. The SMILES string of the molecule is NCc1sc(Cc2c(F)cccc2Cl)nc1C1CC1. The molecule has 0 radical (unpaired) electrons.